The van der Waals surface area contributed by atoms with Crippen LogP contribution in [0.5, 0.6) is 0 Å². The second-order valence-corrected chi connectivity index (χ2v) is 6.35. The van der Waals surface area contributed by atoms with Gasteiger partial charge < -0.3 is 9.47 Å². The molecule has 0 unspecified atom stereocenters. The van der Waals surface area contributed by atoms with E-state index in [4.69, 9.17) is 9.47 Å². The van der Waals surface area contributed by atoms with Crippen LogP contribution in [-0.2, 0) is 9.47 Å². The van der Waals surface area contributed by atoms with Crippen LogP contribution in [0.1, 0.15) is 96.8 Å². The van der Waals surface area contributed by atoms with Crippen LogP contribution in [-0.4, -0.2) is 19.5 Å². The van der Waals surface area contributed by atoms with E-state index < -0.39 is 0 Å². The number of ether oxygens (including phenoxy) is 2. The first-order valence-corrected chi connectivity index (χ1v) is 9.02. The fourth-order valence-corrected chi connectivity index (χ4v) is 3.17. The van der Waals surface area contributed by atoms with E-state index in [1.54, 1.807) is 0 Å². The number of hydrogen-bond donors (Lipinski definition) is 0. The van der Waals surface area contributed by atoms with Crippen molar-refractivity contribution in [3.05, 3.63) is 0 Å². The Balaban J connectivity index is 1.91. The Kier molecular flexibility index (Phi) is 10.4. The first-order chi connectivity index (χ1) is 9.83. The van der Waals surface area contributed by atoms with E-state index in [1.807, 2.05) is 7.11 Å². The normalized spacial score (nSPS) is 18.3. The van der Waals surface area contributed by atoms with Crippen molar-refractivity contribution in [2.75, 3.05) is 13.7 Å². The van der Waals surface area contributed by atoms with Crippen LogP contribution < -0.4 is 0 Å². The van der Waals surface area contributed by atoms with Gasteiger partial charge in [0, 0.05) is 20.0 Å². The molecule has 0 radical (unpaired) electrons. The molecule has 0 atom stereocenters. The molecule has 0 amide bonds. The molecule has 0 bridgehead atoms. The summed E-state index contributed by atoms with van der Waals surface area (Å²) in [4.78, 5) is 0. The summed E-state index contributed by atoms with van der Waals surface area (Å²) in [5.74, 6) is -0.238. The Hall–Kier alpha value is -0.0800. The van der Waals surface area contributed by atoms with Crippen molar-refractivity contribution in [3.63, 3.8) is 0 Å². The Morgan fingerprint density at radius 1 is 0.750 bits per heavy atom. The van der Waals surface area contributed by atoms with E-state index in [1.165, 1.54) is 77.0 Å². The zero-order chi connectivity index (χ0) is 14.5. The van der Waals surface area contributed by atoms with Crippen molar-refractivity contribution in [1.82, 2.24) is 0 Å². The minimum atomic E-state index is -0.238. The highest BCUT2D eigenvalue weighted by Gasteiger charge is 2.32. The van der Waals surface area contributed by atoms with Gasteiger partial charge in [-0.3, -0.25) is 0 Å². The summed E-state index contributed by atoms with van der Waals surface area (Å²) >= 11 is 0. The lowest BCUT2D eigenvalue weighted by atomic mass is 9.94. The van der Waals surface area contributed by atoms with Gasteiger partial charge in [-0.1, -0.05) is 64.7 Å². The fourth-order valence-electron chi connectivity index (χ4n) is 3.17. The van der Waals surface area contributed by atoms with E-state index >= 15 is 0 Å². The summed E-state index contributed by atoms with van der Waals surface area (Å²) < 4.78 is 11.7. The molecule has 0 aliphatic heterocycles. The zero-order valence-corrected chi connectivity index (χ0v) is 13.9. The number of rotatable bonds is 12. The SMILES string of the molecule is CCCCCCCCCCCOC1(OC)CCCCC1. The van der Waals surface area contributed by atoms with Crippen LogP contribution in [0.15, 0.2) is 0 Å². The highest BCUT2D eigenvalue weighted by Crippen LogP contribution is 2.32. The van der Waals surface area contributed by atoms with Crippen LogP contribution >= 0.6 is 0 Å². The third kappa shape index (κ3) is 7.64. The highest BCUT2D eigenvalue weighted by molar-refractivity contribution is 4.74. The van der Waals surface area contributed by atoms with Gasteiger partial charge in [0.25, 0.3) is 0 Å². The standard InChI is InChI=1S/C18H36O2/c1-3-4-5-6-7-8-9-10-14-17-20-18(19-2)15-12-11-13-16-18/h3-17H2,1-2H3. The predicted molar refractivity (Wildman–Crippen MR) is 86.0 cm³/mol. The lowest BCUT2D eigenvalue weighted by Gasteiger charge is -2.35. The molecule has 1 aliphatic carbocycles. The molecule has 1 aliphatic rings. The average molecular weight is 284 g/mol. The first-order valence-electron chi connectivity index (χ1n) is 9.02. The van der Waals surface area contributed by atoms with E-state index in [0.29, 0.717) is 0 Å². The minimum absolute atomic E-state index is 0.238. The molecular weight excluding hydrogens is 248 g/mol. The monoisotopic (exact) mass is 284 g/mol. The smallest absolute Gasteiger partial charge is 0.167 e. The lowest BCUT2D eigenvalue weighted by Crippen LogP contribution is -2.37. The van der Waals surface area contributed by atoms with Crippen molar-refractivity contribution in [1.29, 1.82) is 0 Å². The van der Waals surface area contributed by atoms with Crippen molar-refractivity contribution < 1.29 is 9.47 Å². The maximum atomic E-state index is 6.06. The Labute approximate surface area is 126 Å². The van der Waals surface area contributed by atoms with Gasteiger partial charge >= 0.3 is 0 Å². The quantitative estimate of drug-likeness (QED) is 0.331. The molecule has 0 aromatic carbocycles. The van der Waals surface area contributed by atoms with Crippen LogP contribution in [0.25, 0.3) is 0 Å². The summed E-state index contributed by atoms with van der Waals surface area (Å²) in [7, 11) is 1.81. The molecular formula is C18H36O2. The molecule has 0 heterocycles. The van der Waals surface area contributed by atoms with Crippen LogP contribution in [0, 0.1) is 0 Å². The van der Waals surface area contributed by atoms with Gasteiger partial charge in [-0.25, -0.2) is 0 Å². The minimum Gasteiger partial charge on any atom is -0.353 e. The van der Waals surface area contributed by atoms with Crippen molar-refractivity contribution >= 4 is 0 Å². The van der Waals surface area contributed by atoms with Crippen LogP contribution in [0.3, 0.4) is 0 Å². The van der Waals surface area contributed by atoms with E-state index in [0.717, 1.165) is 19.4 Å². The molecule has 0 aromatic rings. The third-order valence-electron chi connectivity index (χ3n) is 4.60. The first kappa shape index (κ1) is 18.0. The van der Waals surface area contributed by atoms with Crippen LogP contribution in [0.2, 0.25) is 0 Å². The van der Waals surface area contributed by atoms with Crippen molar-refractivity contribution in [3.8, 4) is 0 Å². The maximum absolute atomic E-state index is 6.06. The molecule has 1 saturated carbocycles. The molecule has 1 fully saturated rings. The molecule has 2 heteroatoms. The fraction of sp³-hybridized carbons (Fsp3) is 1.00. The predicted octanol–water partition coefficient (Wildman–Crippen LogP) is 5.84. The van der Waals surface area contributed by atoms with Gasteiger partial charge in [0.05, 0.1) is 6.61 Å². The Bertz CT molecular complexity index is 209. The summed E-state index contributed by atoms with van der Waals surface area (Å²) in [5.41, 5.74) is 0. The van der Waals surface area contributed by atoms with E-state index in [9.17, 15) is 0 Å². The van der Waals surface area contributed by atoms with Gasteiger partial charge in [-0.15, -0.1) is 0 Å². The van der Waals surface area contributed by atoms with Gasteiger partial charge in [-0.2, -0.15) is 0 Å². The molecule has 1 rings (SSSR count). The molecule has 0 N–H and O–H groups in total. The lowest BCUT2D eigenvalue weighted by molar-refractivity contribution is -0.238. The molecule has 0 spiro atoms. The van der Waals surface area contributed by atoms with E-state index in [-0.39, 0.29) is 5.79 Å². The average Bonchev–Trinajstić information content (AvgIpc) is 2.50. The maximum Gasteiger partial charge on any atom is 0.167 e. The molecule has 20 heavy (non-hydrogen) atoms. The molecule has 0 aromatic heterocycles. The second kappa shape index (κ2) is 11.6. The Morgan fingerprint density at radius 3 is 1.85 bits per heavy atom. The summed E-state index contributed by atoms with van der Waals surface area (Å²) in [6.07, 6.45) is 18.3. The Morgan fingerprint density at radius 2 is 1.30 bits per heavy atom. The largest absolute Gasteiger partial charge is 0.353 e. The van der Waals surface area contributed by atoms with Gasteiger partial charge in [0.15, 0.2) is 5.79 Å². The summed E-state index contributed by atoms with van der Waals surface area (Å²) in [6.45, 7) is 3.16. The van der Waals surface area contributed by atoms with Gasteiger partial charge in [-0.05, 0) is 19.3 Å². The summed E-state index contributed by atoms with van der Waals surface area (Å²) in [5, 5.41) is 0. The third-order valence-corrected chi connectivity index (χ3v) is 4.60. The molecule has 2 nitrogen and oxygen atoms in total. The number of unbranched alkanes of at least 4 members (excludes halogenated alkanes) is 8. The molecule has 120 valence electrons. The topological polar surface area (TPSA) is 18.5 Å². The van der Waals surface area contributed by atoms with Crippen molar-refractivity contribution in [2.45, 2.75) is 103 Å². The second-order valence-electron chi connectivity index (χ2n) is 6.35. The number of hydrogen-bond acceptors (Lipinski definition) is 2. The highest BCUT2D eigenvalue weighted by atomic mass is 16.7. The number of methoxy groups -OCH3 is 1. The van der Waals surface area contributed by atoms with Gasteiger partial charge in [0.1, 0.15) is 0 Å². The van der Waals surface area contributed by atoms with Gasteiger partial charge in [0.2, 0.25) is 0 Å². The zero-order valence-electron chi connectivity index (χ0n) is 13.9. The van der Waals surface area contributed by atoms with Crippen molar-refractivity contribution in [2.24, 2.45) is 0 Å². The van der Waals surface area contributed by atoms with Crippen LogP contribution in [0.4, 0.5) is 0 Å². The van der Waals surface area contributed by atoms with E-state index in [2.05, 4.69) is 6.92 Å². The summed E-state index contributed by atoms with van der Waals surface area (Å²) in [6, 6.07) is 0. The molecule has 0 saturated heterocycles.